The highest BCUT2D eigenvalue weighted by Crippen LogP contribution is 2.34. The number of thioether (sulfide) groups is 1. The molecular weight excluding hydrogens is 392 g/mol. The molecular formula is C20H20N4O2S2. The first-order chi connectivity index (χ1) is 13.6. The molecule has 4 rings (SSSR count). The molecule has 0 radical (unpaired) electrons. The van der Waals surface area contributed by atoms with Crippen LogP contribution in [0, 0.1) is 0 Å². The van der Waals surface area contributed by atoms with Crippen LogP contribution in [0.5, 0.6) is 5.75 Å². The Bertz CT molecular complexity index is 974. The number of amides is 1. The number of fused-ring (bicyclic) bond motifs is 1. The number of hydrogen-bond acceptors (Lipinski definition) is 7. The van der Waals surface area contributed by atoms with E-state index in [1.807, 2.05) is 47.4 Å². The molecule has 1 aliphatic rings. The lowest BCUT2D eigenvalue weighted by Crippen LogP contribution is -2.36. The molecule has 6 nitrogen and oxygen atoms in total. The quantitative estimate of drug-likeness (QED) is 0.607. The Morgan fingerprint density at radius 2 is 2.04 bits per heavy atom. The standard InChI is InChI=1S/C20H20N4O2S2/c1-13-11-14-5-3-4-6-17(14)24(13)18(25)12-27-20-23-22-19(28-20)21-15-7-9-16(26-2)10-8-15/h3-10,13H,11-12H2,1-2H3,(H,21,22)/t13-/m1/s1. The summed E-state index contributed by atoms with van der Waals surface area (Å²) in [6, 6.07) is 15.9. The Kier molecular flexibility index (Phi) is 5.50. The van der Waals surface area contributed by atoms with Crippen molar-refractivity contribution < 1.29 is 9.53 Å². The van der Waals surface area contributed by atoms with Crippen molar-refractivity contribution in [2.75, 3.05) is 23.1 Å². The molecule has 1 aliphatic heterocycles. The van der Waals surface area contributed by atoms with E-state index in [1.54, 1.807) is 7.11 Å². The lowest BCUT2D eigenvalue weighted by atomic mass is 10.1. The minimum Gasteiger partial charge on any atom is -0.497 e. The molecule has 0 fully saturated rings. The number of carbonyl (C=O) groups is 1. The van der Waals surface area contributed by atoms with E-state index < -0.39 is 0 Å². The molecule has 0 saturated carbocycles. The summed E-state index contributed by atoms with van der Waals surface area (Å²) in [5.74, 6) is 1.24. The summed E-state index contributed by atoms with van der Waals surface area (Å²) < 4.78 is 5.93. The molecule has 1 atom stereocenters. The fourth-order valence-electron chi connectivity index (χ4n) is 3.26. The van der Waals surface area contributed by atoms with Gasteiger partial charge in [-0.2, -0.15) is 0 Å². The van der Waals surface area contributed by atoms with Gasteiger partial charge in [0.25, 0.3) is 0 Å². The third-order valence-corrected chi connectivity index (χ3v) is 6.50. The van der Waals surface area contributed by atoms with Crippen LogP contribution in [0.4, 0.5) is 16.5 Å². The largest absolute Gasteiger partial charge is 0.497 e. The van der Waals surface area contributed by atoms with Crippen LogP contribution in [0.1, 0.15) is 12.5 Å². The Morgan fingerprint density at radius 3 is 2.82 bits per heavy atom. The van der Waals surface area contributed by atoms with Crippen molar-refractivity contribution in [2.45, 2.75) is 23.7 Å². The molecule has 3 aromatic rings. The Hall–Kier alpha value is -2.58. The number of nitrogens with zero attached hydrogens (tertiary/aromatic N) is 3. The van der Waals surface area contributed by atoms with E-state index in [4.69, 9.17) is 4.74 Å². The maximum atomic E-state index is 12.8. The molecule has 2 aromatic carbocycles. The van der Waals surface area contributed by atoms with Crippen LogP contribution in [0.15, 0.2) is 52.9 Å². The van der Waals surface area contributed by atoms with Gasteiger partial charge in [-0.15, -0.1) is 10.2 Å². The van der Waals surface area contributed by atoms with Crippen LogP contribution in [0.2, 0.25) is 0 Å². The zero-order valence-corrected chi connectivity index (χ0v) is 17.2. The summed E-state index contributed by atoms with van der Waals surface area (Å²) in [7, 11) is 1.64. The molecule has 1 aromatic heterocycles. The zero-order valence-electron chi connectivity index (χ0n) is 15.6. The van der Waals surface area contributed by atoms with Gasteiger partial charge in [-0.25, -0.2) is 0 Å². The number of aromatic nitrogens is 2. The number of hydrogen-bond donors (Lipinski definition) is 1. The SMILES string of the molecule is COc1ccc(Nc2nnc(SCC(=O)N3c4ccccc4C[C@H]3C)s2)cc1. The second-order valence-electron chi connectivity index (χ2n) is 6.46. The van der Waals surface area contributed by atoms with Crippen LogP contribution < -0.4 is 15.0 Å². The monoisotopic (exact) mass is 412 g/mol. The van der Waals surface area contributed by atoms with Crippen molar-refractivity contribution in [3.8, 4) is 5.75 Å². The molecule has 144 valence electrons. The number of benzene rings is 2. The first-order valence-electron chi connectivity index (χ1n) is 8.91. The molecule has 8 heteroatoms. The highest BCUT2D eigenvalue weighted by atomic mass is 32.2. The summed E-state index contributed by atoms with van der Waals surface area (Å²) in [5, 5.41) is 12.3. The van der Waals surface area contributed by atoms with Crippen LogP contribution in [-0.4, -0.2) is 35.0 Å². The van der Waals surface area contributed by atoms with Gasteiger partial charge in [0, 0.05) is 17.4 Å². The zero-order chi connectivity index (χ0) is 19.5. The number of ether oxygens (including phenoxy) is 1. The molecule has 0 unspecified atom stereocenters. The number of para-hydroxylation sites is 1. The van der Waals surface area contributed by atoms with Gasteiger partial charge < -0.3 is 15.0 Å². The van der Waals surface area contributed by atoms with Crippen molar-refractivity contribution in [1.29, 1.82) is 0 Å². The Balaban J connectivity index is 1.36. The summed E-state index contributed by atoms with van der Waals surface area (Å²) >= 11 is 2.86. The van der Waals surface area contributed by atoms with Crippen molar-refractivity contribution in [3.63, 3.8) is 0 Å². The average molecular weight is 413 g/mol. The van der Waals surface area contributed by atoms with Gasteiger partial charge in [-0.05, 0) is 49.2 Å². The predicted octanol–water partition coefficient (Wildman–Crippen LogP) is 4.36. The first kappa shape index (κ1) is 18.8. The molecule has 0 bridgehead atoms. The number of rotatable bonds is 6. The fourth-order valence-corrected chi connectivity index (χ4v) is 4.89. The van der Waals surface area contributed by atoms with Crippen LogP contribution in [-0.2, 0) is 11.2 Å². The number of nitrogens with one attached hydrogen (secondary N) is 1. The van der Waals surface area contributed by atoms with Crippen molar-refractivity contribution >= 4 is 45.5 Å². The van der Waals surface area contributed by atoms with E-state index in [-0.39, 0.29) is 11.9 Å². The van der Waals surface area contributed by atoms with Gasteiger partial charge in [0.1, 0.15) is 5.75 Å². The Morgan fingerprint density at radius 1 is 1.25 bits per heavy atom. The smallest absolute Gasteiger partial charge is 0.237 e. The normalized spacial score (nSPS) is 15.4. The topological polar surface area (TPSA) is 67.3 Å². The summed E-state index contributed by atoms with van der Waals surface area (Å²) in [5.41, 5.74) is 3.17. The van der Waals surface area contributed by atoms with E-state index in [0.717, 1.165) is 27.9 Å². The second kappa shape index (κ2) is 8.20. The van der Waals surface area contributed by atoms with Crippen LogP contribution >= 0.6 is 23.1 Å². The minimum atomic E-state index is 0.0994. The van der Waals surface area contributed by atoms with E-state index in [2.05, 4.69) is 28.5 Å². The van der Waals surface area contributed by atoms with Gasteiger partial charge in [0.05, 0.1) is 12.9 Å². The summed E-state index contributed by atoms with van der Waals surface area (Å²) in [6.07, 6.45) is 0.904. The van der Waals surface area contributed by atoms with Gasteiger partial charge in [0.2, 0.25) is 11.0 Å². The van der Waals surface area contributed by atoms with Crippen LogP contribution in [0.25, 0.3) is 0 Å². The summed E-state index contributed by atoms with van der Waals surface area (Å²) in [4.78, 5) is 14.7. The van der Waals surface area contributed by atoms with E-state index >= 15 is 0 Å². The van der Waals surface area contributed by atoms with Gasteiger partial charge in [-0.3, -0.25) is 4.79 Å². The van der Waals surface area contributed by atoms with Gasteiger partial charge >= 0.3 is 0 Å². The average Bonchev–Trinajstić information content (AvgIpc) is 3.29. The van der Waals surface area contributed by atoms with Gasteiger partial charge in [0.15, 0.2) is 4.34 Å². The molecule has 0 spiro atoms. The van der Waals surface area contributed by atoms with Crippen molar-refractivity contribution in [2.24, 2.45) is 0 Å². The van der Waals surface area contributed by atoms with E-state index in [0.29, 0.717) is 10.9 Å². The molecule has 1 amide bonds. The second-order valence-corrected chi connectivity index (χ2v) is 8.66. The Labute approximate surface area is 171 Å². The third-order valence-electron chi connectivity index (χ3n) is 4.54. The van der Waals surface area contributed by atoms with Gasteiger partial charge in [-0.1, -0.05) is 41.3 Å². The predicted molar refractivity (Wildman–Crippen MR) is 114 cm³/mol. The molecule has 0 saturated heterocycles. The van der Waals surface area contributed by atoms with Crippen molar-refractivity contribution in [1.82, 2.24) is 10.2 Å². The molecule has 28 heavy (non-hydrogen) atoms. The highest BCUT2D eigenvalue weighted by molar-refractivity contribution is 8.01. The minimum absolute atomic E-state index is 0.0994. The lowest BCUT2D eigenvalue weighted by molar-refractivity contribution is -0.116. The number of anilines is 3. The molecule has 2 heterocycles. The number of carbonyl (C=O) groups excluding carboxylic acids is 1. The maximum absolute atomic E-state index is 12.8. The molecule has 1 N–H and O–H groups in total. The fraction of sp³-hybridized carbons (Fsp3) is 0.250. The third kappa shape index (κ3) is 3.98. The van der Waals surface area contributed by atoms with E-state index in [1.165, 1.54) is 28.7 Å². The summed E-state index contributed by atoms with van der Waals surface area (Å²) in [6.45, 7) is 2.09. The molecule has 0 aliphatic carbocycles. The van der Waals surface area contributed by atoms with Crippen LogP contribution in [0.3, 0.4) is 0 Å². The van der Waals surface area contributed by atoms with Crippen molar-refractivity contribution in [3.05, 3.63) is 54.1 Å². The first-order valence-corrected chi connectivity index (χ1v) is 10.7. The van der Waals surface area contributed by atoms with E-state index in [9.17, 15) is 4.79 Å². The lowest BCUT2D eigenvalue weighted by Gasteiger charge is -2.22. The maximum Gasteiger partial charge on any atom is 0.237 e. The highest BCUT2D eigenvalue weighted by Gasteiger charge is 2.30. The number of methoxy groups -OCH3 is 1.